The fraction of sp³-hybridized carbons (Fsp3) is 0.875. The number of nitrogens with zero attached hydrogens (tertiary/aromatic N) is 1. The Morgan fingerprint density at radius 1 is 1.53 bits per heavy atom. The Kier molecular flexibility index (Phi) is 3.23. The largest absolute Gasteiger partial charge is 0.406 e. The Labute approximate surface area is 94.4 Å². The summed E-state index contributed by atoms with van der Waals surface area (Å²) in [4.78, 5) is 0. The van der Waals surface area contributed by atoms with E-state index in [4.69, 9.17) is 5.73 Å². The fourth-order valence-electron chi connectivity index (χ4n) is 1.63. The Morgan fingerprint density at radius 2 is 2.07 bits per heavy atom. The SMILES string of the molecule is CC(C)C(Br)(C1CC(N)=NN1)C(F)(F)F. The van der Waals surface area contributed by atoms with Crippen LogP contribution in [0.25, 0.3) is 0 Å². The first-order valence-corrected chi connectivity index (χ1v) is 5.32. The maximum Gasteiger partial charge on any atom is 0.406 e. The second kappa shape index (κ2) is 3.84. The van der Waals surface area contributed by atoms with Crippen LogP contribution in [-0.2, 0) is 0 Å². The third-order valence-corrected chi connectivity index (χ3v) is 4.48. The van der Waals surface area contributed by atoms with Crippen LogP contribution in [0.2, 0.25) is 0 Å². The number of hydrazone groups is 1. The first-order chi connectivity index (χ1) is 6.69. The van der Waals surface area contributed by atoms with Gasteiger partial charge in [-0.1, -0.05) is 29.8 Å². The Bertz CT molecular complexity index is 277. The summed E-state index contributed by atoms with van der Waals surface area (Å²) < 4.78 is 36.9. The molecule has 1 aliphatic heterocycles. The molecule has 0 aromatic heterocycles. The minimum absolute atomic E-state index is 0.100. The fourth-order valence-corrected chi connectivity index (χ4v) is 1.90. The van der Waals surface area contributed by atoms with E-state index in [-0.39, 0.29) is 12.3 Å². The van der Waals surface area contributed by atoms with Gasteiger partial charge in [-0.15, -0.1) is 0 Å². The minimum Gasteiger partial charge on any atom is -0.386 e. The molecule has 0 aliphatic carbocycles. The van der Waals surface area contributed by atoms with Gasteiger partial charge >= 0.3 is 6.18 Å². The summed E-state index contributed by atoms with van der Waals surface area (Å²) in [7, 11) is 0. The zero-order valence-electron chi connectivity index (χ0n) is 8.40. The van der Waals surface area contributed by atoms with E-state index in [0.29, 0.717) is 0 Å². The summed E-state index contributed by atoms with van der Waals surface area (Å²) in [6, 6.07) is -0.850. The Balaban J connectivity index is 2.94. The highest BCUT2D eigenvalue weighted by molar-refractivity contribution is 9.10. The summed E-state index contributed by atoms with van der Waals surface area (Å²) in [6.07, 6.45) is -4.25. The van der Waals surface area contributed by atoms with Crippen LogP contribution in [-0.4, -0.2) is 22.4 Å². The summed E-state index contributed by atoms with van der Waals surface area (Å²) in [5.74, 6) is -0.412. The highest BCUT2D eigenvalue weighted by atomic mass is 79.9. The first kappa shape index (κ1) is 12.6. The van der Waals surface area contributed by atoms with E-state index >= 15 is 0 Å². The van der Waals surface area contributed by atoms with Crippen LogP contribution in [0.4, 0.5) is 13.2 Å². The van der Waals surface area contributed by atoms with E-state index in [1.165, 1.54) is 13.8 Å². The van der Waals surface area contributed by atoms with Gasteiger partial charge < -0.3 is 11.2 Å². The lowest BCUT2D eigenvalue weighted by Gasteiger charge is -2.38. The van der Waals surface area contributed by atoms with Gasteiger partial charge in [-0.05, 0) is 5.92 Å². The zero-order chi connectivity index (χ0) is 11.9. The molecule has 3 N–H and O–H groups in total. The number of nitrogens with one attached hydrogen (secondary N) is 1. The maximum atomic E-state index is 13.0. The molecule has 0 amide bonds. The van der Waals surface area contributed by atoms with Gasteiger partial charge in [-0.25, -0.2) is 0 Å². The lowest BCUT2D eigenvalue weighted by molar-refractivity contribution is -0.173. The van der Waals surface area contributed by atoms with Crippen LogP contribution in [0.1, 0.15) is 20.3 Å². The molecule has 0 bridgehead atoms. The second-order valence-electron chi connectivity index (χ2n) is 3.91. The monoisotopic (exact) mass is 287 g/mol. The molecule has 1 heterocycles. The van der Waals surface area contributed by atoms with E-state index in [1.807, 2.05) is 0 Å². The summed E-state index contributed by atoms with van der Waals surface area (Å²) in [5.41, 5.74) is 7.80. The number of amidine groups is 1. The second-order valence-corrected chi connectivity index (χ2v) is 5.22. The third-order valence-electron chi connectivity index (χ3n) is 2.56. The summed E-state index contributed by atoms with van der Waals surface area (Å²) in [6.45, 7) is 3.02. The lowest BCUT2D eigenvalue weighted by Crippen LogP contribution is -2.56. The van der Waals surface area contributed by atoms with Crippen LogP contribution in [0, 0.1) is 5.92 Å². The minimum atomic E-state index is -4.35. The molecule has 3 nitrogen and oxygen atoms in total. The molecule has 0 spiro atoms. The number of hydrogen-bond donors (Lipinski definition) is 2. The molecule has 0 aromatic carbocycles. The first-order valence-electron chi connectivity index (χ1n) is 4.52. The maximum absolute atomic E-state index is 13.0. The van der Waals surface area contributed by atoms with Crippen molar-refractivity contribution in [2.24, 2.45) is 16.8 Å². The van der Waals surface area contributed by atoms with Gasteiger partial charge in [-0.2, -0.15) is 18.3 Å². The summed E-state index contributed by atoms with van der Waals surface area (Å²) in [5, 5.41) is 3.59. The molecule has 0 saturated carbocycles. The molecule has 2 unspecified atom stereocenters. The van der Waals surface area contributed by atoms with Crippen molar-refractivity contribution >= 4 is 21.8 Å². The predicted molar refractivity (Wildman–Crippen MR) is 55.7 cm³/mol. The van der Waals surface area contributed by atoms with E-state index in [9.17, 15) is 13.2 Å². The highest BCUT2D eigenvalue weighted by Gasteiger charge is 2.60. The number of nitrogens with two attached hydrogens (primary N) is 1. The molecule has 88 valence electrons. The quantitative estimate of drug-likeness (QED) is 0.763. The highest BCUT2D eigenvalue weighted by Crippen LogP contribution is 2.47. The molecule has 0 fully saturated rings. The van der Waals surface area contributed by atoms with Crippen molar-refractivity contribution in [1.82, 2.24) is 5.43 Å². The zero-order valence-corrected chi connectivity index (χ0v) is 9.98. The summed E-state index contributed by atoms with van der Waals surface area (Å²) >= 11 is 2.81. The van der Waals surface area contributed by atoms with Crippen LogP contribution in [0.5, 0.6) is 0 Å². The van der Waals surface area contributed by atoms with Crippen molar-refractivity contribution in [2.45, 2.75) is 36.8 Å². The van der Waals surface area contributed by atoms with Crippen LogP contribution >= 0.6 is 15.9 Å². The van der Waals surface area contributed by atoms with Gasteiger partial charge in [0.25, 0.3) is 0 Å². The van der Waals surface area contributed by atoms with Crippen molar-refractivity contribution in [3.8, 4) is 0 Å². The molecule has 2 atom stereocenters. The van der Waals surface area contributed by atoms with Gasteiger partial charge in [-0.3, -0.25) is 0 Å². The number of alkyl halides is 4. The van der Waals surface area contributed by atoms with Crippen molar-refractivity contribution in [2.75, 3.05) is 0 Å². The van der Waals surface area contributed by atoms with Crippen molar-refractivity contribution in [3.05, 3.63) is 0 Å². The van der Waals surface area contributed by atoms with E-state index < -0.39 is 22.5 Å². The van der Waals surface area contributed by atoms with E-state index in [0.717, 1.165) is 0 Å². The van der Waals surface area contributed by atoms with Crippen LogP contribution in [0.3, 0.4) is 0 Å². The van der Waals surface area contributed by atoms with E-state index in [2.05, 4.69) is 26.5 Å². The molecular formula is C8H13BrF3N3. The van der Waals surface area contributed by atoms with E-state index in [1.54, 1.807) is 0 Å². The van der Waals surface area contributed by atoms with Crippen LogP contribution in [0.15, 0.2) is 5.10 Å². The van der Waals surface area contributed by atoms with Crippen LogP contribution < -0.4 is 11.2 Å². The molecule has 0 saturated heterocycles. The van der Waals surface area contributed by atoms with Crippen molar-refractivity contribution in [3.63, 3.8) is 0 Å². The molecular weight excluding hydrogens is 275 g/mol. The Morgan fingerprint density at radius 3 is 2.33 bits per heavy atom. The van der Waals surface area contributed by atoms with Gasteiger partial charge in [0.15, 0.2) is 0 Å². The normalized spacial score (nSPS) is 26.1. The standard InChI is InChI=1S/C8H13BrF3N3/c1-4(2)7(9,8(10,11)12)5-3-6(13)15-14-5/h4-5,14H,3H2,1-2H3,(H2,13,15). The van der Waals surface area contributed by atoms with Gasteiger partial charge in [0.2, 0.25) is 0 Å². The molecule has 0 aromatic rings. The molecule has 1 rings (SSSR count). The topological polar surface area (TPSA) is 50.4 Å². The smallest absolute Gasteiger partial charge is 0.386 e. The number of rotatable bonds is 2. The average Bonchev–Trinajstić information content (AvgIpc) is 2.48. The molecule has 0 radical (unpaired) electrons. The Hall–Kier alpha value is -0.460. The molecule has 7 heteroatoms. The third kappa shape index (κ3) is 2.07. The lowest BCUT2D eigenvalue weighted by atomic mass is 9.86. The molecule has 15 heavy (non-hydrogen) atoms. The van der Waals surface area contributed by atoms with Gasteiger partial charge in [0.05, 0.1) is 6.04 Å². The van der Waals surface area contributed by atoms with Crippen molar-refractivity contribution in [1.29, 1.82) is 0 Å². The number of hydrogen-bond acceptors (Lipinski definition) is 3. The molecule has 1 aliphatic rings. The average molecular weight is 288 g/mol. The van der Waals surface area contributed by atoms with Crippen molar-refractivity contribution < 1.29 is 13.2 Å². The van der Waals surface area contributed by atoms with Gasteiger partial charge in [0.1, 0.15) is 10.2 Å². The van der Waals surface area contributed by atoms with Gasteiger partial charge in [0, 0.05) is 6.42 Å². The predicted octanol–water partition coefficient (Wildman–Crippen LogP) is 1.97. The number of halogens is 4.